The SMILES string of the molecule is NC1CCCN(CC2(O)CCCC2)C1=O. The fourth-order valence-corrected chi connectivity index (χ4v) is 2.67. The van der Waals surface area contributed by atoms with Crippen LogP contribution < -0.4 is 5.73 Å². The smallest absolute Gasteiger partial charge is 0.239 e. The van der Waals surface area contributed by atoms with Crippen LogP contribution >= 0.6 is 0 Å². The van der Waals surface area contributed by atoms with Crippen molar-refractivity contribution in [3.63, 3.8) is 0 Å². The lowest BCUT2D eigenvalue weighted by atomic mass is 9.98. The average molecular weight is 212 g/mol. The number of amides is 1. The summed E-state index contributed by atoms with van der Waals surface area (Å²) in [6.07, 6.45) is 5.55. The van der Waals surface area contributed by atoms with E-state index in [1.54, 1.807) is 4.90 Å². The minimum absolute atomic E-state index is 0.0153. The monoisotopic (exact) mass is 212 g/mol. The van der Waals surface area contributed by atoms with E-state index in [9.17, 15) is 9.90 Å². The Hall–Kier alpha value is -0.610. The third-order valence-corrected chi connectivity index (χ3v) is 3.59. The van der Waals surface area contributed by atoms with Gasteiger partial charge in [-0.15, -0.1) is 0 Å². The Morgan fingerprint density at radius 1 is 1.40 bits per heavy atom. The molecular formula is C11H20N2O2. The quantitative estimate of drug-likeness (QED) is 0.689. The standard InChI is InChI=1S/C11H20N2O2/c12-9-4-3-7-13(10(9)14)8-11(15)5-1-2-6-11/h9,15H,1-8,12H2. The minimum atomic E-state index is -0.632. The lowest BCUT2D eigenvalue weighted by molar-refractivity contribution is -0.138. The van der Waals surface area contributed by atoms with Crippen molar-refractivity contribution in [1.29, 1.82) is 0 Å². The van der Waals surface area contributed by atoms with Gasteiger partial charge < -0.3 is 15.7 Å². The van der Waals surface area contributed by atoms with Crippen LogP contribution in [0.5, 0.6) is 0 Å². The number of piperidine rings is 1. The normalized spacial score (nSPS) is 30.9. The van der Waals surface area contributed by atoms with Gasteiger partial charge in [0.15, 0.2) is 0 Å². The molecule has 15 heavy (non-hydrogen) atoms. The van der Waals surface area contributed by atoms with Crippen LogP contribution in [0.1, 0.15) is 38.5 Å². The maximum atomic E-state index is 11.7. The molecule has 86 valence electrons. The minimum Gasteiger partial charge on any atom is -0.388 e. The van der Waals surface area contributed by atoms with Gasteiger partial charge in [0.25, 0.3) is 0 Å². The van der Waals surface area contributed by atoms with Crippen LogP contribution in [0, 0.1) is 0 Å². The first kappa shape index (κ1) is 10.9. The van der Waals surface area contributed by atoms with E-state index >= 15 is 0 Å². The Kier molecular flexibility index (Phi) is 2.98. The highest BCUT2D eigenvalue weighted by Crippen LogP contribution is 2.30. The van der Waals surface area contributed by atoms with Gasteiger partial charge in [0.1, 0.15) is 0 Å². The number of nitrogens with two attached hydrogens (primary N) is 1. The second-order valence-electron chi connectivity index (χ2n) is 4.94. The fraction of sp³-hybridized carbons (Fsp3) is 0.909. The molecule has 2 aliphatic rings. The topological polar surface area (TPSA) is 66.6 Å². The second-order valence-corrected chi connectivity index (χ2v) is 4.94. The van der Waals surface area contributed by atoms with E-state index in [0.717, 1.165) is 45.1 Å². The molecule has 1 heterocycles. The molecule has 2 fully saturated rings. The molecule has 0 aromatic heterocycles. The predicted octanol–water partition coefficient (Wildman–Crippen LogP) is 0.241. The Morgan fingerprint density at radius 2 is 2.07 bits per heavy atom. The molecule has 1 saturated heterocycles. The summed E-state index contributed by atoms with van der Waals surface area (Å²) in [6.45, 7) is 1.24. The van der Waals surface area contributed by atoms with Gasteiger partial charge in [-0.2, -0.15) is 0 Å². The van der Waals surface area contributed by atoms with E-state index in [2.05, 4.69) is 0 Å². The molecule has 1 aliphatic carbocycles. The summed E-state index contributed by atoms with van der Waals surface area (Å²) in [5.74, 6) is 0.0153. The molecule has 4 nitrogen and oxygen atoms in total. The third kappa shape index (κ3) is 2.32. The largest absolute Gasteiger partial charge is 0.388 e. The Balaban J connectivity index is 1.95. The van der Waals surface area contributed by atoms with Crippen molar-refractivity contribution in [3.05, 3.63) is 0 Å². The number of likely N-dealkylation sites (tertiary alicyclic amines) is 1. The molecule has 3 N–H and O–H groups in total. The number of nitrogens with zero attached hydrogens (tertiary/aromatic N) is 1. The molecule has 0 radical (unpaired) electrons. The number of hydrogen-bond acceptors (Lipinski definition) is 3. The van der Waals surface area contributed by atoms with Gasteiger partial charge in [0.05, 0.1) is 11.6 Å². The van der Waals surface area contributed by atoms with Crippen LogP contribution in [0.2, 0.25) is 0 Å². The zero-order chi connectivity index (χ0) is 10.9. The summed E-state index contributed by atoms with van der Waals surface area (Å²) in [5.41, 5.74) is 5.08. The van der Waals surface area contributed by atoms with Crippen molar-refractivity contribution in [1.82, 2.24) is 4.90 Å². The van der Waals surface area contributed by atoms with E-state index in [4.69, 9.17) is 5.73 Å². The Labute approximate surface area is 90.4 Å². The first-order valence-electron chi connectivity index (χ1n) is 5.87. The first-order chi connectivity index (χ1) is 7.11. The zero-order valence-corrected chi connectivity index (χ0v) is 9.11. The summed E-state index contributed by atoms with van der Waals surface area (Å²) in [4.78, 5) is 13.5. The van der Waals surface area contributed by atoms with Crippen molar-refractivity contribution in [2.75, 3.05) is 13.1 Å². The second kappa shape index (κ2) is 4.10. The van der Waals surface area contributed by atoms with Crippen LogP contribution in [-0.4, -0.2) is 40.6 Å². The summed E-state index contributed by atoms with van der Waals surface area (Å²) in [6, 6.07) is -0.344. The van der Waals surface area contributed by atoms with E-state index in [-0.39, 0.29) is 11.9 Å². The van der Waals surface area contributed by atoms with E-state index in [1.807, 2.05) is 0 Å². The van der Waals surface area contributed by atoms with Crippen molar-refractivity contribution in [2.45, 2.75) is 50.2 Å². The van der Waals surface area contributed by atoms with E-state index in [1.165, 1.54) is 0 Å². The van der Waals surface area contributed by atoms with Gasteiger partial charge in [0.2, 0.25) is 5.91 Å². The van der Waals surface area contributed by atoms with Gasteiger partial charge in [-0.05, 0) is 25.7 Å². The van der Waals surface area contributed by atoms with Gasteiger partial charge in [-0.25, -0.2) is 0 Å². The fourth-order valence-electron chi connectivity index (χ4n) is 2.67. The number of carbonyl (C=O) groups excluding carboxylic acids is 1. The predicted molar refractivity (Wildman–Crippen MR) is 57.2 cm³/mol. The molecule has 1 unspecified atom stereocenters. The van der Waals surface area contributed by atoms with Crippen LogP contribution in [0.15, 0.2) is 0 Å². The van der Waals surface area contributed by atoms with Gasteiger partial charge in [-0.1, -0.05) is 12.8 Å². The maximum Gasteiger partial charge on any atom is 0.239 e. The lowest BCUT2D eigenvalue weighted by Gasteiger charge is -2.35. The number of aliphatic hydroxyl groups is 1. The van der Waals surface area contributed by atoms with E-state index in [0.29, 0.717) is 6.54 Å². The molecule has 0 aromatic carbocycles. The molecule has 1 amide bonds. The Morgan fingerprint density at radius 3 is 2.73 bits per heavy atom. The first-order valence-corrected chi connectivity index (χ1v) is 5.87. The number of hydrogen-bond donors (Lipinski definition) is 2. The van der Waals surface area contributed by atoms with Crippen molar-refractivity contribution in [2.24, 2.45) is 5.73 Å². The van der Waals surface area contributed by atoms with Crippen LogP contribution in [0.3, 0.4) is 0 Å². The Bertz CT molecular complexity index is 249. The van der Waals surface area contributed by atoms with Crippen molar-refractivity contribution in [3.8, 4) is 0 Å². The molecule has 2 rings (SSSR count). The highest BCUT2D eigenvalue weighted by molar-refractivity contribution is 5.82. The van der Waals surface area contributed by atoms with Gasteiger partial charge in [-0.3, -0.25) is 4.79 Å². The summed E-state index contributed by atoms with van der Waals surface area (Å²) < 4.78 is 0. The number of carbonyl (C=O) groups is 1. The molecule has 1 saturated carbocycles. The molecule has 4 heteroatoms. The van der Waals surface area contributed by atoms with E-state index < -0.39 is 5.60 Å². The molecule has 0 spiro atoms. The number of β-amino-alcohol motifs (C(OH)–C–C–N with tert-alkyl or cyclic N) is 1. The number of rotatable bonds is 2. The zero-order valence-electron chi connectivity index (χ0n) is 9.11. The molecular weight excluding hydrogens is 192 g/mol. The maximum absolute atomic E-state index is 11.7. The van der Waals surface area contributed by atoms with Gasteiger partial charge in [0, 0.05) is 13.1 Å². The molecule has 0 aromatic rings. The summed E-state index contributed by atoms with van der Waals surface area (Å²) in [7, 11) is 0. The summed E-state index contributed by atoms with van der Waals surface area (Å²) in [5, 5.41) is 10.2. The van der Waals surface area contributed by atoms with Crippen LogP contribution in [0.25, 0.3) is 0 Å². The molecule has 0 bridgehead atoms. The van der Waals surface area contributed by atoms with Crippen LogP contribution in [-0.2, 0) is 4.79 Å². The molecule has 1 atom stereocenters. The average Bonchev–Trinajstić information content (AvgIpc) is 2.60. The summed E-state index contributed by atoms with van der Waals surface area (Å²) >= 11 is 0. The third-order valence-electron chi connectivity index (χ3n) is 3.59. The molecule has 1 aliphatic heterocycles. The lowest BCUT2D eigenvalue weighted by Crippen LogP contribution is -2.53. The van der Waals surface area contributed by atoms with Crippen LogP contribution in [0.4, 0.5) is 0 Å². The van der Waals surface area contributed by atoms with Crippen molar-refractivity contribution >= 4 is 5.91 Å². The highest BCUT2D eigenvalue weighted by atomic mass is 16.3. The highest BCUT2D eigenvalue weighted by Gasteiger charge is 2.36. The van der Waals surface area contributed by atoms with Crippen molar-refractivity contribution < 1.29 is 9.90 Å². The van der Waals surface area contributed by atoms with Gasteiger partial charge >= 0.3 is 0 Å².